The summed E-state index contributed by atoms with van der Waals surface area (Å²) in [5.74, 6) is -0.578. The minimum Gasteiger partial charge on any atom is -0.497 e. The number of amides is 3. The fourth-order valence-corrected chi connectivity index (χ4v) is 8.62. The molecular weight excluding hydrogens is 518 g/mol. The van der Waals surface area contributed by atoms with Crippen LogP contribution in [0.4, 0.5) is 11.4 Å². The summed E-state index contributed by atoms with van der Waals surface area (Å²) in [6.45, 7) is 4.09. The van der Waals surface area contributed by atoms with Gasteiger partial charge in [-0.3, -0.25) is 14.4 Å². The Morgan fingerprint density at radius 2 is 1.67 bits per heavy atom. The number of anilines is 2. The Kier molecular flexibility index (Phi) is 7.77. The zero-order valence-corrected chi connectivity index (χ0v) is 23.2. The van der Waals surface area contributed by atoms with Gasteiger partial charge in [0.15, 0.2) is 0 Å². The summed E-state index contributed by atoms with van der Waals surface area (Å²) >= 11 is 1.60. The van der Waals surface area contributed by atoms with Crippen LogP contribution < -0.4 is 20.1 Å². The van der Waals surface area contributed by atoms with E-state index in [1.165, 1.54) is 0 Å². The van der Waals surface area contributed by atoms with Crippen LogP contribution in [0.25, 0.3) is 0 Å². The van der Waals surface area contributed by atoms with Crippen molar-refractivity contribution in [3.8, 4) is 11.5 Å². The first-order chi connectivity index (χ1) is 18.9. The summed E-state index contributed by atoms with van der Waals surface area (Å²) in [5, 5.41) is 16.1. The lowest BCUT2D eigenvalue weighted by molar-refractivity contribution is -0.141. The Labute approximate surface area is 232 Å². The van der Waals surface area contributed by atoms with E-state index in [2.05, 4.69) is 10.6 Å². The molecule has 3 fully saturated rings. The molecule has 3 N–H and O–H groups in total. The number of ether oxygens (including phenoxy) is 2. The largest absolute Gasteiger partial charge is 0.497 e. The summed E-state index contributed by atoms with van der Waals surface area (Å²) < 4.78 is 9.97. The highest BCUT2D eigenvalue weighted by molar-refractivity contribution is 8.02. The number of nitrogens with zero attached hydrogens (tertiary/aromatic N) is 1. The number of hydrogen-bond acceptors (Lipinski definition) is 7. The van der Waals surface area contributed by atoms with E-state index in [1.807, 2.05) is 13.8 Å². The Morgan fingerprint density at radius 1 is 1.05 bits per heavy atom. The van der Waals surface area contributed by atoms with Crippen molar-refractivity contribution in [1.82, 2.24) is 4.90 Å². The van der Waals surface area contributed by atoms with Crippen LogP contribution in [0.2, 0.25) is 0 Å². The first-order valence-electron chi connectivity index (χ1n) is 13.5. The van der Waals surface area contributed by atoms with Crippen molar-refractivity contribution in [3.63, 3.8) is 0 Å². The minimum atomic E-state index is -0.799. The molecule has 2 unspecified atom stereocenters. The number of rotatable bonds is 10. The van der Waals surface area contributed by atoms with Gasteiger partial charge in [0.2, 0.25) is 17.7 Å². The van der Waals surface area contributed by atoms with Crippen LogP contribution in [0.15, 0.2) is 48.5 Å². The molecule has 0 saturated carbocycles. The fourth-order valence-electron chi connectivity index (χ4n) is 6.41. The summed E-state index contributed by atoms with van der Waals surface area (Å²) in [7, 11) is 1.57. The lowest BCUT2D eigenvalue weighted by atomic mass is 9.70. The first kappa shape index (κ1) is 27.3. The van der Waals surface area contributed by atoms with Gasteiger partial charge in [-0.1, -0.05) is 6.92 Å². The molecule has 208 valence electrons. The van der Waals surface area contributed by atoms with Gasteiger partial charge >= 0.3 is 0 Å². The molecule has 6 atom stereocenters. The predicted molar refractivity (Wildman–Crippen MR) is 150 cm³/mol. The summed E-state index contributed by atoms with van der Waals surface area (Å²) in [5.41, 5.74) is 1.22. The zero-order chi connectivity index (χ0) is 27.7. The molecule has 10 heteroatoms. The first-order valence-corrected chi connectivity index (χ1v) is 14.3. The molecule has 3 aliphatic rings. The van der Waals surface area contributed by atoms with Crippen LogP contribution in [-0.2, 0) is 14.4 Å². The average Bonchev–Trinajstić information content (AvgIpc) is 3.59. The van der Waals surface area contributed by atoms with E-state index >= 15 is 0 Å². The highest BCUT2D eigenvalue weighted by atomic mass is 32.2. The van der Waals surface area contributed by atoms with Gasteiger partial charge in [0.1, 0.15) is 17.5 Å². The third kappa shape index (κ3) is 4.74. The number of fused-ring (bicyclic) bond motifs is 1. The maximum Gasteiger partial charge on any atom is 0.248 e. The molecule has 1 spiro atoms. The number of thioether (sulfide) groups is 1. The predicted octanol–water partition coefficient (Wildman–Crippen LogP) is 3.53. The molecule has 2 bridgehead atoms. The van der Waals surface area contributed by atoms with E-state index in [9.17, 15) is 19.5 Å². The molecule has 3 heterocycles. The molecule has 39 heavy (non-hydrogen) atoms. The molecular formula is C29H35N3O6S. The van der Waals surface area contributed by atoms with Gasteiger partial charge in [0, 0.05) is 16.6 Å². The third-order valence-corrected chi connectivity index (χ3v) is 10.1. The number of aliphatic hydroxyl groups excluding tert-OH is 1. The summed E-state index contributed by atoms with van der Waals surface area (Å²) in [4.78, 5) is 43.2. The van der Waals surface area contributed by atoms with E-state index in [4.69, 9.17) is 9.47 Å². The van der Waals surface area contributed by atoms with E-state index in [0.717, 1.165) is 6.42 Å². The highest BCUT2D eigenvalue weighted by Crippen LogP contribution is 2.66. The standard InChI is InChI=1S/C29H35N3O6S/c1-4-19(16-33)32-25(27(35)31-18-6-10-20(37-3)11-7-18)29-15-14-22(39-29)23(24(29)28(32)36)26(34)30-17-8-12-21(13-9-17)38-5-2/h6-13,19,22-25,33H,4-5,14-16H2,1-3H3,(H,30,34)(H,31,35)/t19-,22-,23+,24-,25?,29?/m0/s1. The molecule has 3 aliphatic heterocycles. The van der Waals surface area contributed by atoms with Crippen molar-refractivity contribution in [2.75, 3.05) is 31.0 Å². The van der Waals surface area contributed by atoms with Crippen molar-refractivity contribution >= 4 is 40.9 Å². The number of aliphatic hydroxyl groups is 1. The smallest absolute Gasteiger partial charge is 0.248 e. The van der Waals surface area contributed by atoms with Crippen LogP contribution >= 0.6 is 11.8 Å². The number of benzene rings is 2. The number of carbonyl (C=O) groups excluding carboxylic acids is 3. The topological polar surface area (TPSA) is 117 Å². The van der Waals surface area contributed by atoms with Gasteiger partial charge in [-0.25, -0.2) is 0 Å². The molecule has 0 aromatic heterocycles. The Bertz CT molecular complexity index is 1220. The lowest BCUT2D eigenvalue weighted by Gasteiger charge is -2.36. The van der Waals surface area contributed by atoms with Gasteiger partial charge in [-0.15, -0.1) is 11.8 Å². The monoisotopic (exact) mass is 553 g/mol. The number of likely N-dealkylation sites (tertiary alicyclic amines) is 1. The van der Waals surface area contributed by atoms with Gasteiger partial charge < -0.3 is 30.1 Å². The summed E-state index contributed by atoms with van der Waals surface area (Å²) in [6.07, 6.45) is 1.89. The van der Waals surface area contributed by atoms with Crippen molar-refractivity contribution in [2.24, 2.45) is 11.8 Å². The van der Waals surface area contributed by atoms with Crippen molar-refractivity contribution in [1.29, 1.82) is 0 Å². The number of nitrogens with one attached hydrogen (secondary N) is 2. The third-order valence-electron chi connectivity index (χ3n) is 8.15. The second kappa shape index (κ2) is 11.1. The molecule has 0 aliphatic carbocycles. The van der Waals surface area contributed by atoms with E-state index in [1.54, 1.807) is 72.3 Å². The van der Waals surface area contributed by atoms with Crippen molar-refractivity contribution in [3.05, 3.63) is 48.5 Å². The van der Waals surface area contributed by atoms with Crippen LogP contribution in [-0.4, -0.2) is 70.1 Å². The van der Waals surface area contributed by atoms with Crippen molar-refractivity contribution < 1.29 is 29.0 Å². The average molecular weight is 554 g/mol. The van der Waals surface area contributed by atoms with Crippen LogP contribution in [0.5, 0.6) is 11.5 Å². The van der Waals surface area contributed by atoms with Gasteiger partial charge in [-0.2, -0.15) is 0 Å². The minimum absolute atomic E-state index is 0.0608. The SMILES string of the molecule is CCOc1ccc(NC(=O)[C@@H]2[C@@H]3CCC4(S3)C(C(=O)Nc3ccc(OC)cc3)N([C@@H](CC)CO)C(=O)[C@H]24)cc1. The Hall–Kier alpha value is -3.24. The second-order valence-corrected chi connectivity index (χ2v) is 11.8. The van der Waals surface area contributed by atoms with E-state index in [-0.39, 0.29) is 29.6 Å². The molecule has 3 saturated heterocycles. The quantitative estimate of drug-likeness (QED) is 0.412. The highest BCUT2D eigenvalue weighted by Gasteiger charge is 2.74. The Morgan fingerprint density at radius 3 is 2.23 bits per heavy atom. The van der Waals surface area contributed by atoms with Crippen LogP contribution in [0.3, 0.4) is 0 Å². The summed E-state index contributed by atoms with van der Waals surface area (Å²) in [6, 6.07) is 12.9. The molecule has 3 amide bonds. The normalized spacial score (nSPS) is 27.7. The molecule has 2 aromatic carbocycles. The molecule has 0 radical (unpaired) electrons. The molecule has 5 rings (SSSR count). The van der Waals surface area contributed by atoms with E-state index in [0.29, 0.717) is 42.3 Å². The van der Waals surface area contributed by atoms with Gasteiger partial charge in [-0.05, 0) is 74.7 Å². The fraction of sp³-hybridized carbons (Fsp3) is 0.483. The van der Waals surface area contributed by atoms with Gasteiger partial charge in [0.25, 0.3) is 0 Å². The van der Waals surface area contributed by atoms with E-state index < -0.39 is 28.7 Å². The second-order valence-electron chi connectivity index (χ2n) is 10.2. The Balaban J connectivity index is 1.43. The van der Waals surface area contributed by atoms with Gasteiger partial charge in [0.05, 0.1) is 42.9 Å². The zero-order valence-electron chi connectivity index (χ0n) is 22.4. The number of hydrogen-bond donors (Lipinski definition) is 3. The maximum atomic E-state index is 14.1. The van der Waals surface area contributed by atoms with Crippen LogP contribution in [0.1, 0.15) is 33.1 Å². The molecule has 9 nitrogen and oxygen atoms in total. The van der Waals surface area contributed by atoms with Crippen molar-refractivity contribution in [2.45, 2.75) is 55.2 Å². The lowest BCUT2D eigenvalue weighted by Crippen LogP contribution is -2.54. The number of carbonyl (C=O) groups is 3. The molecule has 2 aromatic rings. The number of methoxy groups -OCH3 is 1. The maximum absolute atomic E-state index is 14.1. The van der Waals surface area contributed by atoms with Crippen LogP contribution in [0, 0.1) is 11.8 Å².